The largest absolute Gasteiger partial charge is 0.508 e. The summed E-state index contributed by atoms with van der Waals surface area (Å²) in [6, 6.07) is 14.5. The monoisotopic (exact) mass is 382 g/mol. The topological polar surface area (TPSA) is 80.0 Å². The SMILES string of the molecule is CCn1c(S[C@@H](C)C(=O)Nc2ccc(C)cc2)nnc1-c1ccc(O)cc1. The van der Waals surface area contributed by atoms with Crippen LogP contribution in [0.4, 0.5) is 5.69 Å². The van der Waals surface area contributed by atoms with Gasteiger partial charge < -0.3 is 15.0 Å². The molecular formula is C20H22N4O2S. The average Bonchev–Trinajstić information content (AvgIpc) is 3.06. The highest BCUT2D eigenvalue weighted by Crippen LogP contribution is 2.28. The molecule has 2 aromatic carbocycles. The summed E-state index contributed by atoms with van der Waals surface area (Å²) in [6.07, 6.45) is 0. The first-order valence-corrected chi connectivity index (χ1v) is 9.62. The van der Waals surface area contributed by atoms with Gasteiger partial charge in [0.2, 0.25) is 5.91 Å². The van der Waals surface area contributed by atoms with Crippen LogP contribution in [0.2, 0.25) is 0 Å². The summed E-state index contributed by atoms with van der Waals surface area (Å²) in [7, 11) is 0. The zero-order valence-corrected chi connectivity index (χ0v) is 16.3. The van der Waals surface area contributed by atoms with E-state index in [1.165, 1.54) is 11.8 Å². The standard InChI is InChI=1S/C20H22N4O2S/c1-4-24-18(15-7-11-17(25)12-8-15)22-23-20(24)27-14(3)19(26)21-16-9-5-13(2)6-10-16/h5-12,14,25H,4H2,1-3H3,(H,21,26)/t14-/m0/s1. The number of amides is 1. The summed E-state index contributed by atoms with van der Waals surface area (Å²) in [5.41, 5.74) is 2.79. The second-order valence-electron chi connectivity index (χ2n) is 6.21. The Bertz CT molecular complexity index is 920. The Morgan fingerprint density at radius 2 is 1.81 bits per heavy atom. The molecule has 27 heavy (non-hydrogen) atoms. The summed E-state index contributed by atoms with van der Waals surface area (Å²) < 4.78 is 1.96. The number of aromatic hydroxyl groups is 1. The molecule has 0 spiro atoms. The second-order valence-corrected chi connectivity index (χ2v) is 7.52. The highest BCUT2D eigenvalue weighted by molar-refractivity contribution is 8.00. The number of aryl methyl sites for hydroxylation is 1. The molecule has 6 nitrogen and oxygen atoms in total. The lowest BCUT2D eigenvalue weighted by molar-refractivity contribution is -0.115. The van der Waals surface area contributed by atoms with Gasteiger partial charge in [-0.15, -0.1) is 10.2 Å². The fraction of sp³-hybridized carbons (Fsp3) is 0.250. The third-order valence-electron chi connectivity index (χ3n) is 4.13. The normalized spacial score (nSPS) is 12.0. The highest BCUT2D eigenvalue weighted by atomic mass is 32.2. The van der Waals surface area contributed by atoms with Gasteiger partial charge in [-0.2, -0.15) is 0 Å². The van der Waals surface area contributed by atoms with Gasteiger partial charge >= 0.3 is 0 Å². The number of rotatable bonds is 6. The Kier molecular flexibility index (Phi) is 5.81. The van der Waals surface area contributed by atoms with Crippen molar-refractivity contribution >= 4 is 23.4 Å². The lowest BCUT2D eigenvalue weighted by Crippen LogP contribution is -2.22. The maximum absolute atomic E-state index is 12.5. The minimum absolute atomic E-state index is 0.0827. The first kappa shape index (κ1) is 19.0. The summed E-state index contributed by atoms with van der Waals surface area (Å²) >= 11 is 1.37. The highest BCUT2D eigenvalue weighted by Gasteiger charge is 2.20. The number of phenolic OH excluding ortho intramolecular Hbond substituents is 1. The van der Waals surface area contributed by atoms with Crippen molar-refractivity contribution in [2.24, 2.45) is 0 Å². The average molecular weight is 382 g/mol. The Balaban J connectivity index is 1.73. The van der Waals surface area contributed by atoms with Crippen molar-refractivity contribution in [3.8, 4) is 17.1 Å². The van der Waals surface area contributed by atoms with Crippen LogP contribution in [0.15, 0.2) is 53.7 Å². The van der Waals surface area contributed by atoms with Gasteiger partial charge in [0.25, 0.3) is 0 Å². The Labute approximate surface area is 162 Å². The molecule has 0 aliphatic rings. The molecule has 0 saturated carbocycles. The number of benzene rings is 2. The number of anilines is 1. The molecule has 1 aromatic heterocycles. The predicted octanol–water partition coefficient (Wildman–Crippen LogP) is 4.10. The molecule has 0 aliphatic heterocycles. The molecule has 3 aromatic rings. The van der Waals surface area contributed by atoms with Crippen LogP contribution in [-0.2, 0) is 11.3 Å². The zero-order chi connectivity index (χ0) is 19.4. The van der Waals surface area contributed by atoms with E-state index in [1.807, 2.05) is 49.6 Å². The number of phenols is 1. The Morgan fingerprint density at radius 1 is 1.15 bits per heavy atom. The van der Waals surface area contributed by atoms with E-state index < -0.39 is 0 Å². The minimum Gasteiger partial charge on any atom is -0.508 e. The minimum atomic E-state index is -0.325. The number of hydrogen-bond acceptors (Lipinski definition) is 5. The van der Waals surface area contributed by atoms with Crippen LogP contribution in [0.3, 0.4) is 0 Å². The van der Waals surface area contributed by atoms with Crippen molar-refractivity contribution < 1.29 is 9.90 Å². The molecule has 1 atom stereocenters. The summed E-state index contributed by atoms with van der Waals surface area (Å²) in [5.74, 6) is 0.837. The van der Waals surface area contributed by atoms with Crippen LogP contribution in [0, 0.1) is 6.92 Å². The number of carbonyl (C=O) groups is 1. The molecule has 3 rings (SSSR count). The van der Waals surface area contributed by atoms with Crippen LogP contribution >= 0.6 is 11.8 Å². The lowest BCUT2D eigenvalue weighted by atomic mass is 10.2. The number of aromatic nitrogens is 3. The van der Waals surface area contributed by atoms with Crippen molar-refractivity contribution in [1.82, 2.24) is 14.8 Å². The van der Waals surface area contributed by atoms with E-state index in [4.69, 9.17) is 0 Å². The molecule has 0 radical (unpaired) electrons. The molecule has 7 heteroatoms. The van der Waals surface area contributed by atoms with Gasteiger partial charge in [0, 0.05) is 17.8 Å². The van der Waals surface area contributed by atoms with Crippen LogP contribution in [0.5, 0.6) is 5.75 Å². The van der Waals surface area contributed by atoms with Crippen LogP contribution < -0.4 is 5.32 Å². The maximum atomic E-state index is 12.5. The van der Waals surface area contributed by atoms with Gasteiger partial charge in [-0.05, 0) is 57.2 Å². The molecular weight excluding hydrogens is 360 g/mol. The van der Waals surface area contributed by atoms with E-state index in [1.54, 1.807) is 24.3 Å². The van der Waals surface area contributed by atoms with Gasteiger partial charge in [0.15, 0.2) is 11.0 Å². The first-order chi connectivity index (χ1) is 13.0. The Hall–Kier alpha value is -2.80. The van der Waals surface area contributed by atoms with E-state index in [0.29, 0.717) is 17.5 Å². The second kappa shape index (κ2) is 8.26. The molecule has 140 valence electrons. The van der Waals surface area contributed by atoms with Crippen LogP contribution in [0.25, 0.3) is 11.4 Å². The molecule has 0 saturated heterocycles. The fourth-order valence-electron chi connectivity index (χ4n) is 2.58. The number of nitrogens with one attached hydrogen (secondary N) is 1. The van der Waals surface area contributed by atoms with Gasteiger partial charge in [-0.1, -0.05) is 29.5 Å². The van der Waals surface area contributed by atoms with E-state index in [9.17, 15) is 9.90 Å². The lowest BCUT2D eigenvalue weighted by Gasteiger charge is -2.13. The number of hydrogen-bond donors (Lipinski definition) is 2. The number of carbonyl (C=O) groups excluding carboxylic acids is 1. The number of nitrogens with zero attached hydrogens (tertiary/aromatic N) is 3. The van der Waals surface area contributed by atoms with Gasteiger partial charge in [0.05, 0.1) is 5.25 Å². The van der Waals surface area contributed by atoms with E-state index >= 15 is 0 Å². The smallest absolute Gasteiger partial charge is 0.237 e. The molecule has 0 bridgehead atoms. The van der Waals surface area contributed by atoms with E-state index in [0.717, 1.165) is 16.8 Å². The summed E-state index contributed by atoms with van der Waals surface area (Å²) in [6.45, 7) is 6.54. The van der Waals surface area contributed by atoms with Crippen molar-refractivity contribution in [1.29, 1.82) is 0 Å². The molecule has 1 amide bonds. The third kappa shape index (κ3) is 4.49. The van der Waals surface area contributed by atoms with Gasteiger partial charge in [0.1, 0.15) is 5.75 Å². The van der Waals surface area contributed by atoms with Crippen LogP contribution in [-0.4, -0.2) is 31.0 Å². The van der Waals surface area contributed by atoms with E-state index in [2.05, 4.69) is 15.5 Å². The van der Waals surface area contributed by atoms with Crippen molar-refractivity contribution in [2.75, 3.05) is 5.32 Å². The van der Waals surface area contributed by atoms with Crippen molar-refractivity contribution in [2.45, 2.75) is 37.7 Å². The predicted molar refractivity (Wildman–Crippen MR) is 108 cm³/mol. The van der Waals surface area contributed by atoms with Gasteiger partial charge in [-0.25, -0.2) is 0 Å². The zero-order valence-electron chi connectivity index (χ0n) is 15.5. The van der Waals surface area contributed by atoms with Crippen molar-refractivity contribution in [3.05, 3.63) is 54.1 Å². The number of thioether (sulfide) groups is 1. The fourth-order valence-corrected chi connectivity index (χ4v) is 3.49. The first-order valence-electron chi connectivity index (χ1n) is 8.74. The third-order valence-corrected chi connectivity index (χ3v) is 5.21. The molecule has 0 unspecified atom stereocenters. The van der Waals surface area contributed by atoms with Crippen molar-refractivity contribution in [3.63, 3.8) is 0 Å². The molecule has 0 aliphatic carbocycles. The van der Waals surface area contributed by atoms with Gasteiger partial charge in [-0.3, -0.25) is 4.79 Å². The van der Waals surface area contributed by atoms with Crippen LogP contribution in [0.1, 0.15) is 19.4 Å². The Morgan fingerprint density at radius 3 is 2.44 bits per heavy atom. The molecule has 1 heterocycles. The quantitative estimate of drug-likeness (QED) is 0.628. The summed E-state index contributed by atoms with van der Waals surface area (Å²) in [4.78, 5) is 12.5. The molecule has 0 fully saturated rings. The maximum Gasteiger partial charge on any atom is 0.237 e. The summed E-state index contributed by atoms with van der Waals surface area (Å²) in [5, 5.41) is 21.3. The molecule has 2 N–H and O–H groups in total. The van der Waals surface area contributed by atoms with E-state index in [-0.39, 0.29) is 16.9 Å².